The number of benzene rings is 7. The maximum atomic E-state index is 5.35. The summed E-state index contributed by atoms with van der Waals surface area (Å²) in [7, 11) is 0. The molecule has 3 nitrogen and oxygen atoms in total. The molecule has 0 amide bonds. The molecule has 3 heterocycles. The molecule has 0 spiro atoms. The number of pyridine rings is 2. The molecule has 10 aromatic rings. The van der Waals surface area contributed by atoms with E-state index in [2.05, 4.69) is 180 Å². The van der Waals surface area contributed by atoms with Gasteiger partial charge in [0.15, 0.2) is 0 Å². The first-order valence-corrected chi connectivity index (χ1v) is 17.3. The molecule has 0 aliphatic heterocycles. The summed E-state index contributed by atoms with van der Waals surface area (Å²) in [4.78, 5) is 10.5. The van der Waals surface area contributed by atoms with E-state index in [1.807, 2.05) is 12.1 Å². The smallest absolute Gasteiger partial charge is 0.0809 e. The lowest BCUT2D eigenvalue weighted by Gasteiger charge is -2.16. The van der Waals surface area contributed by atoms with Crippen LogP contribution < -0.4 is 0 Å². The maximum Gasteiger partial charge on any atom is 0.0809 e. The predicted octanol–water partition coefficient (Wildman–Crippen LogP) is 12.5. The van der Waals surface area contributed by atoms with Crippen molar-refractivity contribution >= 4 is 43.5 Å². The lowest BCUT2D eigenvalue weighted by molar-refractivity contribution is 1.19. The highest BCUT2D eigenvalue weighted by molar-refractivity contribution is 6.25. The lowest BCUT2D eigenvalue weighted by Crippen LogP contribution is -1.98. The van der Waals surface area contributed by atoms with Gasteiger partial charge in [0.25, 0.3) is 0 Å². The highest BCUT2D eigenvalue weighted by Gasteiger charge is 2.20. The van der Waals surface area contributed by atoms with Gasteiger partial charge in [0.2, 0.25) is 0 Å². The maximum absolute atomic E-state index is 5.35. The van der Waals surface area contributed by atoms with Gasteiger partial charge in [-0.1, -0.05) is 152 Å². The molecule has 0 bridgehead atoms. The van der Waals surface area contributed by atoms with Crippen molar-refractivity contribution in [3.8, 4) is 50.6 Å². The van der Waals surface area contributed by atoms with Gasteiger partial charge < -0.3 is 4.57 Å². The quantitative estimate of drug-likeness (QED) is 0.174. The van der Waals surface area contributed by atoms with E-state index < -0.39 is 0 Å². The fourth-order valence-corrected chi connectivity index (χ4v) is 7.61. The molecule has 3 aromatic heterocycles. The first-order chi connectivity index (χ1) is 25.3. The van der Waals surface area contributed by atoms with Crippen molar-refractivity contribution in [2.75, 3.05) is 0 Å². The van der Waals surface area contributed by atoms with Crippen molar-refractivity contribution in [3.05, 3.63) is 188 Å². The van der Waals surface area contributed by atoms with E-state index in [9.17, 15) is 0 Å². The Kier molecular flexibility index (Phi) is 6.81. The molecule has 0 radical (unpaired) electrons. The summed E-state index contributed by atoms with van der Waals surface area (Å²) in [5.74, 6) is 0. The summed E-state index contributed by atoms with van der Waals surface area (Å²) >= 11 is 0. The van der Waals surface area contributed by atoms with Crippen LogP contribution in [0.3, 0.4) is 0 Å². The second-order valence-corrected chi connectivity index (χ2v) is 13.0. The van der Waals surface area contributed by atoms with Crippen molar-refractivity contribution in [2.45, 2.75) is 0 Å². The van der Waals surface area contributed by atoms with Crippen LogP contribution >= 0.6 is 0 Å². The second kappa shape index (κ2) is 11.9. The highest BCUT2D eigenvalue weighted by Crippen LogP contribution is 2.42. The normalized spacial score (nSPS) is 11.5. The number of aromatic nitrogens is 3. The second-order valence-electron chi connectivity index (χ2n) is 13.0. The van der Waals surface area contributed by atoms with Crippen molar-refractivity contribution in [1.29, 1.82) is 0 Å². The number of rotatable bonds is 5. The summed E-state index contributed by atoms with van der Waals surface area (Å²) in [6, 6.07) is 66.6. The topological polar surface area (TPSA) is 30.7 Å². The highest BCUT2D eigenvalue weighted by atomic mass is 15.0. The molecule has 10 rings (SSSR count). The van der Waals surface area contributed by atoms with Gasteiger partial charge in [0.05, 0.1) is 33.6 Å². The number of para-hydroxylation sites is 2. The van der Waals surface area contributed by atoms with Crippen LogP contribution in [0.15, 0.2) is 188 Å². The Morgan fingerprint density at radius 3 is 1.63 bits per heavy atom. The number of fused-ring (bicyclic) bond motifs is 7. The third-order valence-electron chi connectivity index (χ3n) is 9.95. The van der Waals surface area contributed by atoms with Crippen molar-refractivity contribution in [3.63, 3.8) is 0 Å². The van der Waals surface area contributed by atoms with Gasteiger partial charge in [-0.25, -0.2) is 9.97 Å². The summed E-state index contributed by atoms with van der Waals surface area (Å²) in [5.41, 5.74) is 12.8. The number of nitrogens with zero attached hydrogens (tertiary/aromatic N) is 3. The molecule has 0 fully saturated rings. The number of hydrogen-bond acceptors (Lipinski definition) is 2. The Morgan fingerprint density at radius 2 is 0.922 bits per heavy atom. The van der Waals surface area contributed by atoms with Crippen molar-refractivity contribution in [1.82, 2.24) is 14.5 Å². The van der Waals surface area contributed by atoms with Crippen LogP contribution in [-0.4, -0.2) is 14.5 Å². The van der Waals surface area contributed by atoms with Gasteiger partial charge >= 0.3 is 0 Å². The first-order valence-electron chi connectivity index (χ1n) is 17.3. The Labute approximate surface area is 295 Å². The predicted molar refractivity (Wildman–Crippen MR) is 213 cm³/mol. The fourth-order valence-electron chi connectivity index (χ4n) is 7.61. The third-order valence-corrected chi connectivity index (χ3v) is 9.95. The molecule has 7 aromatic carbocycles. The van der Waals surface area contributed by atoms with Crippen LogP contribution in [0.2, 0.25) is 0 Å². The van der Waals surface area contributed by atoms with E-state index in [-0.39, 0.29) is 0 Å². The SMILES string of the molecule is c1ccc(-c2cc(-c3cccc(-n4c5ccccc5c5ccc6c7ccccc7nc(-c7ccccc7)c6c54)c3)cc(-c3ccccc3)n2)cc1. The largest absolute Gasteiger partial charge is 0.309 e. The van der Waals surface area contributed by atoms with Gasteiger partial charge in [0.1, 0.15) is 0 Å². The Hall–Kier alpha value is -6.84. The summed E-state index contributed by atoms with van der Waals surface area (Å²) < 4.78 is 2.44. The molecule has 238 valence electrons. The molecule has 51 heavy (non-hydrogen) atoms. The van der Waals surface area contributed by atoms with E-state index in [1.165, 1.54) is 16.2 Å². The van der Waals surface area contributed by atoms with Gasteiger partial charge in [-0.3, -0.25) is 0 Å². The Morgan fingerprint density at radius 1 is 0.353 bits per heavy atom. The minimum Gasteiger partial charge on any atom is -0.309 e. The molecule has 3 heteroatoms. The zero-order chi connectivity index (χ0) is 33.7. The molecule has 0 aliphatic carbocycles. The van der Waals surface area contributed by atoms with E-state index in [1.54, 1.807) is 0 Å². The van der Waals surface area contributed by atoms with Crippen LogP contribution in [0, 0.1) is 0 Å². The van der Waals surface area contributed by atoms with Crippen LogP contribution in [0.4, 0.5) is 0 Å². The van der Waals surface area contributed by atoms with Crippen molar-refractivity contribution in [2.24, 2.45) is 0 Å². The lowest BCUT2D eigenvalue weighted by atomic mass is 9.97. The van der Waals surface area contributed by atoms with Gasteiger partial charge in [-0.2, -0.15) is 0 Å². The zero-order valence-corrected chi connectivity index (χ0v) is 27.7. The van der Waals surface area contributed by atoms with Crippen LogP contribution in [0.1, 0.15) is 0 Å². The first kappa shape index (κ1) is 29.1. The van der Waals surface area contributed by atoms with Crippen LogP contribution in [-0.2, 0) is 0 Å². The minimum atomic E-state index is 0.950. The van der Waals surface area contributed by atoms with Crippen LogP contribution in [0.5, 0.6) is 0 Å². The monoisotopic (exact) mass is 649 g/mol. The van der Waals surface area contributed by atoms with E-state index in [4.69, 9.17) is 9.97 Å². The summed E-state index contributed by atoms with van der Waals surface area (Å²) in [6.07, 6.45) is 0. The summed E-state index contributed by atoms with van der Waals surface area (Å²) in [6.45, 7) is 0. The van der Waals surface area contributed by atoms with E-state index in [0.717, 1.165) is 77.9 Å². The molecule has 0 unspecified atom stereocenters. The summed E-state index contributed by atoms with van der Waals surface area (Å²) in [5, 5.41) is 5.92. The molecular formula is C48H31N3. The van der Waals surface area contributed by atoms with Crippen molar-refractivity contribution < 1.29 is 0 Å². The Bertz CT molecular complexity index is 2830. The molecular weight excluding hydrogens is 619 g/mol. The zero-order valence-electron chi connectivity index (χ0n) is 27.7. The molecule has 0 aliphatic rings. The fraction of sp³-hybridized carbons (Fsp3) is 0. The van der Waals surface area contributed by atoms with E-state index in [0.29, 0.717) is 0 Å². The average Bonchev–Trinajstić information content (AvgIpc) is 3.56. The molecule has 0 saturated heterocycles. The average molecular weight is 650 g/mol. The van der Waals surface area contributed by atoms with Gasteiger partial charge in [0, 0.05) is 43.9 Å². The molecule has 0 N–H and O–H groups in total. The minimum absolute atomic E-state index is 0.950. The third kappa shape index (κ3) is 4.90. The molecule has 0 atom stereocenters. The van der Waals surface area contributed by atoms with Crippen LogP contribution in [0.25, 0.3) is 94.1 Å². The van der Waals surface area contributed by atoms with E-state index >= 15 is 0 Å². The van der Waals surface area contributed by atoms with Gasteiger partial charge in [-0.05, 0) is 52.9 Å². The van der Waals surface area contributed by atoms with Gasteiger partial charge in [-0.15, -0.1) is 0 Å². The molecule has 0 saturated carbocycles. The number of hydrogen-bond donors (Lipinski definition) is 0. The standard InChI is InChI=1S/C48H31N3/c1-4-15-32(16-5-1)43-30-36(31-44(49-43)33-17-6-2-7-18-33)35-21-14-22-37(29-35)51-45-26-13-11-24-39(45)41-28-27-40-38-23-10-12-25-42(38)50-47(46(40)48(41)51)34-19-8-3-9-20-34/h1-31H. The Balaban J connectivity index is 1.27.